The zero-order valence-corrected chi connectivity index (χ0v) is 14.7. The largest absolute Gasteiger partial charge is 0.382 e. The first-order valence-electron chi connectivity index (χ1n) is 8.14. The minimum atomic E-state index is -0.225. The van der Waals surface area contributed by atoms with Gasteiger partial charge in [-0.15, -0.1) is 0 Å². The molecule has 0 saturated carbocycles. The van der Waals surface area contributed by atoms with Crippen molar-refractivity contribution < 1.29 is 9.13 Å². The fraction of sp³-hybridized carbons (Fsp3) is 0.588. The summed E-state index contributed by atoms with van der Waals surface area (Å²) in [5.74, 6) is 0.512. The van der Waals surface area contributed by atoms with Gasteiger partial charge in [-0.2, -0.15) is 0 Å². The fourth-order valence-electron chi connectivity index (χ4n) is 2.05. The Morgan fingerprint density at radius 2 is 2.04 bits per heavy atom. The second-order valence-electron chi connectivity index (χ2n) is 5.35. The Kier molecular flexibility index (Phi) is 9.05. The lowest BCUT2D eigenvalue weighted by molar-refractivity contribution is 0.145. The molecule has 0 aliphatic heterocycles. The quantitative estimate of drug-likeness (QED) is 0.416. The van der Waals surface area contributed by atoms with Gasteiger partial charge in [0.25, 0.3) is 0 Å². The van der Waals surface area contributed by atoms with Crippen LogP contribution in [0.2, 0.25) is 0 Å². The molecule has 2 N–H and O–H groups in total. The van der Waals surface area contributed by atoms with Gasteiger partial charge >= 0.3 is 0 Å². The lowest BCUT2D eigenvalue weighted by Gasteiger charge is -2.14. The number of hydrogen-bond donors (Lipinski definition) is 2. The molecule has 0 atom stereocenters. The third-order valence-corrected chi connectivity index (χ3v) is 3.22. The van der Waals surface area contributed by atoms with Gasteiger partial charge < -0.3 is 20.3 Å². The van der Waals surface area contributed by atoms with E-state index < -0.39 is 0 Å². The van der Waals surface area contributed by atoms with Gasteiger partial charge in [0.05, 0.1) is 12.2 Å². The zero-order valence-electron chi connectivity index (χ0n) is 14.7. The maximum Gasteiger partial charge on any atom is 0.191 e. The molecule has 0 unspecified atom stereocenters. The third-order valence-electron chi connectivity index (χ3n) is 3.22. The maximum absolute atomic E-state index is 14.0. The van der Waals surface area contributed by atoms with Crippen molar-refractivity contribution in [3.63, 3.8) is 0 Å². The standard InChI is InChI=1S/C17H29FN4O/c1-5-19-17(20-10-7-11-23-6-2)21-13-14-8-9-16(22(3)4)15(18)12-14/h8-9,12H,5-7,10-11,13H2,1-4H3,(H2,19,20,21). The van der Waals surface area contributed by atoms with Gasteiger partial charge in [-0.1, -0.05) is 6.07 Å². The van der Waals surface area contributed by atoms with Crippen molar-refractivity contribution >= 4 is 11.6 Å². The summed E-state index contributed by atoms with van der Waals surface area (Å²) in [6.07, 6.45) is 0.921. The first-order valence-corrected chi connectivity index (χ1v) is 8.14. The number of halogens is 1. The average Bonchev–Trinajstić information content (AvgIpc) is 2.52. The maximum atomic E-state index is 14.0. The van der Waals surface area contributed by atoms with E-state index in [-0.39, 0.29) is 5.82 Å². The predicted molar refractivity (Wildman–Crippen MR) is 94.7 cm³/mol. The number of guanidine groups is 1. The van der Waals surface area contributed by atoms with E-state index in [1.54, 1.807) is 11.0 Å². The summed E-state index contributed by atoms with van der Waals surface area (Å²) < 4.78 is 19.3. The molecule has 1 rings (SSSR count). The van der Waals surface area contributed by atoms with Crippen molar-refractivity contribution in [3.8, 4) is 0 Å². The molecule has 0 aliphatic rings. The molecule has 5 nitrogen and oxygen atoms in total. The summed E-state index contributed by atoms with van der Waals surface area (Å²) in [6, 6.07) is 5.22. The molecule has 0 fully saturated rings. The van der Waals surface area contributed by atoms with Gasteiger partial charge in [0.1, 0.15) is 5.82 Å². The number of nitrogens with zero attached hydrogens (tertiary/aromatic N) is 2. The van der Waals surface area contributed by atoms with Gasteiger partial charge in [-0.05, 0) is 38.0 Å². The van der Waals surface area contributed by atoms with E-state index in [0.717, 1.165) is 44.2 Å². The highest BCUT2D eigenvalue weighted by Crippen LogP contribution is 2.18. The van der Waals surface area contributed by atoms with E-state index in [9.17, 15) is 4.39 Å². The Morgan fingerprint density at radius 1 is 1.26 bits per heavy atom. The van der Waals surface area contributed by atoms with E-state index in [1.165, 1.54) is 6.07 Å². The van der Waals surface area contributed by atoms with Crippen LogP contribution in [-0.4, -0.2) is 46.4 Å². The van der Waals surface area contributed by atoms with E-state index in [0.29, 0.717) is 12.2 Å². The van der Waals surface area contributed by atoms with Crippen LogP contribution in [0.4, 0.5) is 10.1 Å². The molecule has 130 valence electrons. The Balaban J connectivity index is 2.57. The number of nitrogens with one attached hydrogen (secondary N) is 2. The first-order chi connectivity index (χ1) is 11.1. The summed E-state index contributed by atoms with van der Waals surface area (Å²) in [6.45, 7) is 7.49. The van der Waals surface area contributed by atoms with Crippen molar-refractivity contribution in [2.24, 2.45) is 4.99 Å². The molecule has 0 aromatic heterocycles. The molecule has 6 heteroatoms. The van der Waals surface area contributed by atoms with Crippen LogP contribution in [0, 0.1) is 5.82 Å². The SMILES string of the molecule is CCNC(=NCc1ccc(N(C)C)c(F)c1)NCCCOCC. The molecule has 23 heavy (non-hydrogen) atoms. The molecule has 0 saturated heterocycles. The highest BCUT2D eigenvalue weighted by Gasteiger charge is 2.05. The van der Waals surface area contributed by atoms with Crippen molar-refractivity contribution in [2.75, 3.05) is 45.3 Å². The van der Waals surface area contributed by atoms with E-state index >= 15 is 0 Å². The van der Waals surface area contributed by atoms with Crippen molar-refractivity contribution in [1.29, 1.82) is 0 Å². The van der Waals surface area contributed by atoms with E-state index in [1.807, 2.05) is 34.0 Å². The normalized spacial score (nSPS) is 11.4. The first kappa shape index (κ1) is 19.2. The van der Waals surface area contributed by atoms with Crippen LogP contribution in [0.25, 0.3) is 0 Å². The Morgan fingerprint density at radius 3 is 2.65 bits per heavy atom. The average molecular weight is 324 g/mol. The Bertz CT molecular complexity index is 491. The fourth-order valence-corrected chi connectivity index (χ4v) is 2.05. The summed E-state index contributed by atoms with van der Waals surface area (Å²) in [5, 5.41) is 6.44. The predicted octanol–water partition coefficient (Wildman–Crippen LogP) is 2.37. The van der Waals surface area contributed by atoms with E-state index in [2.05, 4.69) is 15.6 Å². The molecule has 0 spiro atoms. The number of aliphatic imine (C=N–C) groups is 1. The highest BCUT2D eigenvalue weighted by molar-refractivity contribution is 5.79. The Hall–Kier alpha value is -1.82. The molecule has 0 amide bonds. The molecule has 0 bridgehead atoms. The summed E-state index contributed by atoms with van der Waals surface area (Å²) in [7, 11) is 3.65. The van der Waals surface area contributed by atoms with Crippen LogP contribution < -0.4 is 15.5 Å². The van der Waals surface area contributed by atoms with Crippen molar-refractivity contribution in [3.05, 3.63) is 29.6 Å². The van der Waals surface area contributed by atoms with Crippen LogP contribution >= 0.6 is 0 Å². The number of anilines is 1. The van der Waals surface area contributed by atoms with Gasteiger partial charge in [0, 0.05) is 40.4 Å². The molecule has 0 radical (unpaired) electrons. The summed E-state index contributed by atoms with van der Waals surface area (Å²) in [5.41, 5.74) is 1.43. The van der Waals surface area contributed by atoms with Crippen LogP contribution in [-0.2, 0) is 11.3 Å². The topological polar surface area (TPSA) is 48.9 Å². The van der Waals surface area contributed by atoms with Crippen molar-refractivity contribution in [2.45, 2.75) is 26.8 Å². The van der Waals surface area contributed by atoms with Crippen LogP contribution in [0.1, 0.15) is 25.8 Å². The lowest BCUT2D eigenvalue weighted by Crippen LogP contribution is -2.38. The molecule has 1 aromatic rings. The van der Waals surface area contributed by atoms with Gasteiger partial charge in [-0.25, -0.2) is 9.38 Å². The van der Waals surface area contributed by atoms with Crippen LogP contribution in [0.15, 0.2) is 23.2 Å². The number of ether oxygens (including phenoxy) is 1. The van der Waals surface area contributed by atoms with Gasteiger partial charge in [-0.3, -0.25) is 0 Å². The minimum Gasteiger partial charge on any atom is -0.382 e. The number of rotatable bonds is 9. The van der Waals surface area contributed by atoms with Gasteiger partial charge in [0.15, 0.2) is 5.96 Å². The second-order valence-corrected chi connectivity index (χ2v) is 5.35. The summed E-state index contributed by atoms with van der Waals surface area (Å²) in [4.78, 5) is 6.25. The third kappa shape index (κ3) is 7.32. The summed E-state index contributed by atoms with van der Waals surface area (Å²) >= 11 is 0. The van der Waals surface area contributed by atoms with Crippen LogP contribution in [0.5, 0.6) is 0 Å². The number of benzene rings is 1. The zero-order chi connectivity index (χ0) is 17.1. The Labute approximate surface area is 138 Å². The highest BCUT2D eigenvalue weighted by atomic mass is 19.1. The van der Waals surface area contributed by atoms with Crippen molar-refractivity contribution in [1.82, 2.24) is 10.6 Å². The monoisotopic (exact) mass is 324 g/mol. The molecule has 1 aromatic carbocycles. The van der Waals surface area contributed by atoms with E-state index in [4.69, 9.17) is 4.74 Å². The smallest absolute Gasteiger partial charge is 0.191 e. The molecule has 0 heterocycles. The lowest BCUT2D eigenvalue weighted by atomic mass is 10.2. The molecular formula is C17H29FN4O. The molecule has 0 aliphatic carbocycles. The number of hydrogen-bond acceptors (Lipinski definition) is 3. The molecular weight excluding hydrogens is 295 g/mol. The minimum absolute atomic E-state index is 0.225. The second kappa shape index (κ2) is 10.8. The van der Waals surface area contributed by atoms with Crippen LogP contribution in [0.3, 0.4) is 0 Å². The van der Waals surface area contributed by atoms with Gasteiger partial charge in [0.2, 0.25) is 0 Å².